The Labute approximate surface area is 144 Å². The van der Waals surface area contributed by atoms with Gasteiger partial charge in [0.25, 0.3) is 5.56 Å². The molecule has 0 unspecified atom stereocenters. The first-order valence-corrected chi connectivity index (χ1v) is 8.45. The lowest BCUT2D eigenvalue weighted by Gasteiger charge is -2.37. The Morgan fingerprint density at radius 2 is 2.08 bits per heavy atom. The third-order valence-corrected chi connectivity index (χ3v) is 4.92. The number of hydrogen-bond acceptors (Lipinski definition) is 4. The van der Waals surface area contributed by atoms with Crippen molar-refractivity contribution in [3.05, 3.63) is 40.9 Å². The Morgan fingerprint density at radius 3 is 2.84 bits per heavy atom. The molecule has 0 bridgehead atoms. The van der Waals surface area contributed by atoms with E-state index in [-0.39, 0.29) is 30.5 Å². The maximum atomic E-state index is 12.5. The van der Waals surface area contributed by atoms with Crippen molar-refractivity contribution in [3.63, 3.8) is 0 Å². The highest BCUT2D eigenvalue weighted by molar-refractivity contribution is 5.79. The second-order valence-corrected chi connectivity index (χ2v) is 6.42. The summed E-state index contributed by atoms with van der Waals surface area (Å²) in [6.45, 7) is 2.57. The fourth-order valence-corrected chi connectivity index (χ4v) is 3.45. The van der Waals surface area contributed by atoms with Gasteiger partial charge >= 0.3 is 5.97 Å². The Morgan fingerprint density at radius 1 is 1.32 bits per heavy atom. The Hall–Kier alpha value is -2.70. The minimum absolute atomic E-state index is 0.126. The lowest BCUT2D eigenvalue weighted by molar-refractivity contribution is -0.149. The normalized spacial score (nSPS) is 20.6. The quantitative estimate of drug-likeness (QED) is 0.908. The van der Waals surface area contributed by atoms with Crippen molar-refractivity contribution in [2.45, 2.75) is 38.8 Å². The number of nitrogens with zero attached hydrogens (tertiary/aromatic N) is 3. The number of rotatable bonds is 4. The molecule has 2 aromatic rings. The number of amides is 1. The van der Waals surface area contributed by atoms with E-state index < -0.39 is 11.9 Å². The summed E-state index contributed by atoms with van der Waals surface area (Å²) < 4.78 is 1.43. The van der Waals surface area contributed by atoms with Crippen LogP contribution in [0.4, 0.5) is 0 Å². The van der Waals surface area contributed by atoms with E-state index in [9.17, 15) is 19.5 Å². The molecule has 0 radical (unpaired) electrons. The lowest BCUT2D eigenvalue weighted by Crippen LogP contribution is -2.49. The topological polar surface area (TPSA) is 92.5 Å². The summed E-state index contributed by atoms with van der Waals surface area (Å²) in [5.74, 6) is -1.51. The summed E-state index contributed by atoms with van der Waals surface area (Å²) in [5, 5.41) is 9.78. The van der Waals surface area contributed by atoms with Gasteiger partial charge in [-0.25, -0.2) is 4.98 Å². The summed E-state index contributed by atoms with van der Waals surface area (Å²) >= 11 is 0. The second kappa shape index (κ2) is 7.04. The van der Waals surface area contributed by atoms with Gasteiger partial charge in [0.1, 0.15) is 0 Å². The van der Waals surface area contributed by atoms with Crippen molar-refractivity contribution in [3.8, 4) is 0 Å². The van der Waals surface area contributed by atoms with Crippen LogP contribution >= 0.6 is 0 Å². The van der Waals surface area contributed by atoms with Gasteiger partial charge in [-0.05, 0) is 31.9 Å². The number of carboxylic acid groups (broad SMARTS) is 1. The summed E-state index contributed by atoms with van der Waals surface area (Å²) in [4.78, 5) is 42.1. The number of fused-ring (bicyclic) bond motifs is 1. The molecule has 1 aromatic heterocycles. The van der Waals surface area contributed by atoms with Crippen LogP contribution in [-0.4, -0.2) is 44.0 Å². The van der Waals surface area contributed by atoms with E-state index in [0.29, 0.717) is 30.3 Å². The molecule has 0 spiro atoms. The molecule has 3 rings (SSSR count). The van der Waals surface area contributed by atoms with Crippen molar-refractivity contribution >= 4 is 22.8 Å². The van der Waals surface area contributed by atoms with Crippen LogP contribution in [0.2, 0.25) is 0 Å². The fraction of sp³-hybridized carbons (Fsp3) is 0.444. The van der Waals surface area contributed by atoms with Crippen LogP contribution in [-0.2, 0) is 16.1 Å². The van der Waals surface area contributed by atoms with Gasteiger partial charge in [0.2, 0.25) is 5.91 Å². The number of aliphatic carboxylic acids is 1. The first-order valence-electron chi connectivity index (χ1n) is 8.45. The summed E-state index contributed by atoms with van der Waals surface area (Å²) in [6.07, 6.45) is 2.88. The number of para-hydroxylation sites is 1. The van der Waals surface area contributed by atoms with Gasteiger partial charge in [0.05, 0.1) is 23.1 Å². The maximum Gasteiger partial charge on any atom is 0.308 e. The van der Waals surface area contributed by atoms with Crippen LogP contribution in [0.3, 0.4) is 0 Å². The van der Waals surface area contributed by atoms with E-state index >= 15 is 0 Å². The largest absolute Gasteiger partial charge is 0.481 e. The molecular weight excluding hydrogens is 322 g/mol. The third-order valence-electron chi connectivity index (χ3n) is 4.92. The van der Waals surface area contributed by atoms with E-state index in [1.165, 1.54) is 10.9 Å². The molecule has 2 atom stereocenters. The van der Waals surface area contributed by atoms with Crippen molar-refractivity contribution < 1.29 is 14.7 Å². The van der Waals surface area contributed by atoms with Gasteiger partial charge in [-0.15, -0.1) is 0 Å². The summed E-state index contributed by atoms with van der Waals surface area (Å²) in [5.41, 5.74) is 0.456. The summed E-state index contributed by atoms with van der Waals surface area (Å²) in [7, 11) is 0. The predicted octanol–water partition coefficient (Wildman–Crippen LogP) is 1.50. The molecule has 7 nitrogen and oxygen atoms in total. The first-order chi connectivity index (χ1) is 12.0. The summed E-state index contributed by atoms with van der Waals surface area (Å²) in [6, 6.07) is 6.76. The van der Waals surface area contributed by atoms with Crippen LogP contribution in [0.1, 0.15) is 26.2 Å². The van der Waals surface area contributed by atoms with Crippen LogP contribution < -0.4 is 5.56 Å². The Bertz CT molecular complexity index is 861. The van der Waals surface area contributed by atoms with Crippen LogP contribution in [0, 0.1) is 5.92 Å². The van der Waals surface area contributed by atoms with Crippen molar-refractivity contribution in [2.24, 2.45) is 5.92 Å². The number of aryl methyl sites for hydroxylation is 1. The van der Waals surface area contributed by atoms with Crippen molar-refractivity contribution in [2.75, 3.05) is 6.54 Å². The molecule has 1 saturated heterocycles. The van der Waals surface area contributed by atoms with Gasteiger partial charge in [-0.2, -0.15) is 0 Å². The van der Waals surface area contributed by atoms with Gasteiger partial charge in [-0.1, -0.05) is 12.1 Å². The monoisotopic (exact) mass is 343 g/mol. The SMILES string of the molecule is C[C@@H]1[C@H](C(=O)O)CCCN1C(=O)CCn1cnc2ccccc2c1=O. The van der Waals surface area contributed by atoms with Gasteiger partial charge in [-0.3, -0.25) is 19.0 Å². The van der Waals surface area contributed by atoms with Crippen LogP contribution in [0.25, 0.3) is 10.9 Å². The van der Waals surface area contributed by atoms with Gasteiger partial charge < -0.3 is 10.0 Å². The highest BCUT2D eigenvalue weighted by Crippen LogP contribution is 2.24. The van der Waals surface area contributed by atoms with Crippen molar-refractivity contribution in [1.82, 2.24) is 14.5 Å². The van der Waals surface area contributed by atoms with Crippen molar-refractivity contribution in [1.29, 1.82) is 0 Å². The minimum atomic E-state index is -0.861. The van der Waals surface area contributed by atoms with Crippen LogP contribution in [0.15, 0.2) is 35.4 Å². The van der Waals surface area contributed by atoms with E-state index in [1.54, 1.807) is 30.0 Å². The molecule has 25 heavy (non-hydrogen) atoms. The van der Waals surface area contributed by atoms with Crippen LogP contribution in [0.5, 0.6) is 0 Å². The number of carbonyl (C=O) groups is 2. The number of benzene rings is 1. The average molecular weight is 343 g/mol. The standard InChI is InChI=1S/C18H21N3O4/c1-12-13(18(24)25)6-4-9-21(12)16(22)8-10-20-11-19-15-7-3-2-5-14(15)17(20)23/h2-3,5,7,11-13H,4,6,8-10H2,1H3,(H,24,25)/t12-,13-/m1/s1. The molecular formula is C18H21N3O4. The molecule has 1 aliphatic heterocycles. The average Bonchev–Trinajstić information content (AvgIpc) is 2.61. The highest BCUT2D eigenvalue weighted by Gasteiger charge is 2.34. The number of carboxylic acids is 1. The minimum Gasteiger partial charge on any atom is -0.481 e. The molecule has 0 saturated carbocycles. The van der Waals surface area contributed by atoms with E-state index in [4.69, 9.17) is 0 Å². The number of hydrogen-bond donors (Lipinski definition) is 1. The van der Waals surface area contributed by atoms with E-state index in [1.807, 2.05) is 6.07 Å². The number of aromatic nitrogens is 2. The molecule has 2 heterocycles. The zero-order valence-corrected chi connectivity index (χ0v) is 14.1. The second-order valence-electron chi connectivity index (χ2n) is 6.42. The smallest absolute Gasteiger partial charge is 0.308 e. The predicted molar refractivity (Wildman–Crippen MR) is 92.2 cm³/mol. The molecule has 1 N–H and O–H groups in total. The maximum absolute atomic E-state index is 12.5. The number of likely N-dealkylation sites (tertiary alicyclic amines) is 1. The van der Waals surface area contributed by atoms with Gasteiger partial charge in [0.15, 0.2) is 0 Å². The van der Waals surface area contributed by atoms with E-state index in [2.05, 4.69) is 4.98 Å². The first kappa shape index (κ1) is 17.1. The molecule has 7 heteroatoms. The Kier molecular flexibility index (Phi) is 4.83. The van der Waals surface area contributed by atoms with E-state index in [0.717, 1.165) is 0 Å². The number of carbonyl (C=O) groups excluding carboxylic acids is 1. The molecule has 1 fully saturated rings. The number of piperidine rings is 1. The zero-order chi connectivity index (χ0) is 18.0. The molecule has 1 amide bonds. The zero-order valence-electron chi connectivity index (χ0n) is 14.1. The Balaban J connectivity index is 1.71. The van der Waals surface area contributed by atoms with Gasteiger partial charge in [0, 0.05) is 25.6 Å². The lowest BCUT2D eigenvalue weighted by atomic mass is 9.90. The molecule has 0 aliphatic carbocycles. The fourth-order valence-electron chi connectivity index (χ4n) is 3.45. The molecule has 1 aromatic carbocycles. The third kappa shape index (κ3) is 3.40. The molecule has 1 aliphatic rings. The molecule has 132 valence electrons. The highest BCUT2D eigenvalue weighted by atomic mass is 16.4.